The van der Waals surface area contributed by atoms with Gasteiger partial charge in [0.05, 0.1) is 10.5 Å². The number of carbonyl (C=O) groups is 1. The molecule has 114 valence electrons. The molecule has 0 aliphatic rings. The van der Waals surface area contributed by atoms with Crippen molar-refractivity contribution < 1.29 is 14.1 Å². The summed E-state index contributed by atoms with van der Waals surface area (Å²) in [5.41, 5.74) is 0.0528. The van der Waals surface area contributed by atoms with Crippen LogP contribution in [0.3, 0.4) is 0 Å². The van der Waals surface area contributed by atoms with Crippen molar-refractivity contribution in [2.24, 2.45) is 0 Å². The Hall–Kier alpha value is -2.47. The Labute approximate surface area is 130 Å². The van der Waals surface area contributed by atoms with Gasteiger partial charge in [-0.2, -0.15) is 0 Å². The Bertz CT molecular complexity index is 750. The summed E-state index contributed by atoms with van der Waals surface area (Å²) >= 11 is 5.97. The van der Waals surface area contributed by atoms with Gasteiger partial charge in [-0.1, -0.05) is 29.8 Å². The minimum atomic E-state index is -0.794. The first-order valence-corrected chi connectivity index (χ1v) is 6.74. The lowest BCUT2D eigenvalue weighted by atomic mass is 10.1. The van der Waals surface area contributed by atoms with Crippen molar-refractivity contribution in [3.63, 3.8) is 0 Å². The molecule has 2 aromatic carbocycles. The van der Waals surface area contributed by atoms with E-state index in [4.69, 9.17) is 11.6 Å². The predicted octanol–water partition coefficient (Wildman–Crippen LogP) is 3.63. The molecule has 2 rings (SSSR count). The van der Waals surface area contributed by atoms with Crippen molar-refractivity contribution >= 4 is 23.2 Å². The lowest BCUT2D eigenvalue weighted by Gasteiger charge is -2.08. The van der Waals surface area contributed by atoms with E-state index >= 15 is 0 Å². The third-order valence-electron chi connectivity index (χ3n) is 3.17. The second kappa shape index (κ2) is 6.53. The van der Waals surface area contributed by atoms with E-state index in [9.17, 15) is 19.3 Å². The molecule has 1 amide bonds. The number of amides is 1. The van der Waals surface area contributed by atoms with Gasteiger partial charge in [0.2, 0.25) is 0 Å². The number of nitrogens with one attached hydrogen (secondary N) is 1. The summed E-state index contributed by atoms with van der Waals surface area (Å²) in [6.45, 7) is 1.43. The first-order chi connectivity index (χ1) is 10.4. The molecule has 1 N–H and O–H groups in total. The van der Waals surface area contributed by atoms with E-state index in [2.05, 4.69) is 5.32 Å². The Morgan fingerprint density at radius 1 is 1.36 bits per heavy atom. The molecule has 7 heteroatoms. The molecule has 0 bridgehead atoms. The zero-order valence-electron chi connectivity index (χ0n) is 11.6. The highest BCUT2D eigenvalue weighted by atomic mass is 35.5. The molecule has 0 radical (unpaired) electrons. The van der Waals surface area contributed by atoms with Crippen LogP contribution in [0.15, 0.2) is 36.4 Å². The Balaban J connectivity index is 2.20. The summed E-state index contributed by atoms with van der Waals surface area (Å²) in [5.74, 6) is -1.40. The molecule has 0 aliphatic heterocycles. The molecule has 0 aromatic heterocycles. The smallest absolute Gasteiger partial charge is 0.276 e. The molecule has 0 unspecified atom stereocenters. The van der Waals surface area contributed by atoms with Crippen molar-refractivity contribution in [3.05, 3.63) is 74.0 Å². The number of hydrogen-bond acceptors (Lipinski definition) is 3. The highest BCUT2D eigenvalue weighted by Crippen LogP contribution is 2.23. The van der Waals surface area contributed by atoms with Gasteiger partial charge < -0.3 is 5.32 Å². The van der Waals surface area contributed by atoms with Crippen LogP contribution in [0, 0.1) is 22.9 Å². The average Bonchev–Trinajstić information content (AvgIpc) is 2.48. The van der Waals surface area contributed by atoms with Gasteiger partial charge in [0, 0.05) is 23.2 Å². The van der Waals surface area contributed by atoms with Crippen molar-refractivity contribution in [1.29, 1.82) is 0 Å². The number of rotatable bonds is 4. The van der Waals surface area contributed by atoms with Crippen LogP contribution in [0.25, 0.3) is 0 Å². The minimum Gasteiger partial charge on any atom is -0.348 e. The Morgan fingerprint density at radius 3 is 2.68 bits per heavy atom. The second-order valence-electron chi connectivity index (χ2n) is 4.63. The number of nitro benzene ring substituents is 1. The number of hydrogen-bond donors (Lipinski definition) is 1. The summed E-state index contributed by atoms with van der Waals surface area (Å²) < 4.78 is 13.7. The number of carbonyl (C=O) groups excluding carboxylic acids is 1. The number of benzene rings is 2. The van der Waals surface area contributed by atoms with E-state index in [1.54, 1.807) is 24.3 Å². The first kappa shape index (κ1) is 15.9. The van der Waals surface area contributed by atoms with Gasteiger partial charge in [0.1, 0.15) is 5.82 Å². The molecule has 0 heterocycles. The molecule has 0 atom stereocenters. The minimum absolute atomic E-state index is 0.104. The van der Waals surface area contributed by atoms with Crippen LogP contribution in [0.5, 0.6) is 0 Å². The maximum Gasteiger partial charge on any atom is 0.276 e. The van der Waals surface area contributed by atoms with Crippen LogP contribution < -0.4 is 5.32 Å². The highest BCUT2D eigenvalue weighted by molar-refractivity contribution is 6.31. The van der Waals surface area contributed by atoms with E-state index in [0.717, 1.165) is 12.1 Å². The van der Waals surface area contributed by atoms with E-state index in [0.29, 0.717) is 10.6 Å². The van der Waals surface area contributed by atoms with Gasteiger partial charge in [-0.05, 0) is 24.6 Å². The number of nitro groups is 1. The zero-order chi connectivity index (χ0) is 16.3. The van der Waals surface area contributed by atoms with Crippen molar-refractivity contribution in [2.45, 2.75) is 13.5 Å². The molecule has 5 nitrogen and oxygen atoms in total. The average molecular weight is 323 g/mol. The van der Waals surface area contributed by atoms with Crippen LogP contribution in [-0.4, -0.2) is 10.8 Å². The van der Waals surface area contributed by atoms with Gasteiger partial charge in [0.15, 0.2) is 0 Å². The van der Waals surface area contributed by atoms with Crippen LogP contribution in [-0.2, 0) is 6.54 Å². The summed E-state index contributed by atoms with van der Waals surface area (Å²) in [6.07, 6.45) is 0. The lowest BCUT2D eigenvalue weighted by molar-refractivity contribution is -0.385. The molecule has 0 saturated carbocycles. The predicted molar refractivity (Wildman–Crippen MR) is 80.4 cm³/mol. The lowest BCUT2D eigenvalue weighted by Crippen LogP contribution is -2.23. The number of halogens is 2. The molecular formula is C15H12ClFN2O3. The normalized spacial score (nSPS) is 10.3. The zero-order valence-corrected chi connectivity index (χ0v) is 12.4. The molecule has 0 fully saturated rings. The quantitative estimate of drug-likeness (QED) is 0.690. The molecule has 0 saturated heterocycles. The van der Waals surface area contributed by atoms with Gasteiger partial charge in [-0.15, -0.1) is 0 Å². The molecule has 2 aromatic rings. The van der Waals surface area contributed by atoms with Crippen LogP contribution >= 0.6 is 11.6 Å². The SMILES string of the molecule is Cc1c(F)cc(C(=O)NCc2ccccc2Cl)cc1[N+](=O)[O-]. The fourth-order valence-electron chi connectivity index (χ4n) is 1.90. The molecule has 0 aliphatic carbocycles. The third-order valence-corrected chi connectivity index (χ3v) is 3.54. The van der Waals surface area contributed by atoms with Crippen molar-refractivity contribution in [2.75, 3.05) is 0 Å². The van der Waals surface area contributed by atoms with Crippen LogP contribution in [0.2, 0.25) is 5.02 Å². The van der Waals surface area contributed by atoms with Gasteiger partial charge in [-0.25, -0.2) is 4.39 Å². The fourth-order valence-corrected chi connectivity index (χ4v) is 2.11. The second-order valence-corrected chi connectivity index (χ2v) is 5.04. The molecule has 0 spiro atoms. The van der Waals surface area contributed by atoms with Gasteiger partial charge in [0.25, 0.3) is 11.6 Å². The first-order valence-electron chi connectivity index (χ1n) is 6.36. The number of nitrogens with zero attached hydrogens (tertiary/aromatic N) is 1. The van der Waals surface area contributed by atoms with Crippen LogP contribution in [0.1, 0.15) is 21.5 Å². The van der Waals surface area contributed by atoms with E-state index in [1.165, 1.54) is 6.92 Å². The van der Waals surface area contributed by atoms with Crippen molar-refractivity contribution in [1.82, 2.24) is 5.32 Å². The third kappa shape index (κ3) is 3.40. The monoisotopic (exact) mass is 322 g/mol. The van der Waals surface area contributed by atoms with Gasteiger partial charge in [-0.3, -0.25) is 14.9 Å². The topological polar surface area (TPSA) is 72.2 Å². The summed E-state index contributed by atoms with van der Waals surface area (Å²) in [5, 5.41) is 13.9. The maximum absolute atomic E-state index is 13.7. The molecular weight excluding hydrogens is 311 g/mol. The Morgan fingerprint density at radius 2 is 2.05 bits per heavy atom. The summed E-state index contributed by atoms with van der Waals surface area (Å²) in [6, 6.07) is 8.97. The maximum atomic E-state index is 13.7. The summed E-state index contributed by atoms with van der Waals surface area (Å²) in [4.78, 5) is 22.2. The largest absolute Gasteiger partial charge is 0.348 e. The van der Waals surface area contributed by atoms with Crippen molar-refractivity contribution in [3.8, 4) is 0 Å². The Kier molecular flexibility index (Phi) is 4.72. The summed E-state index contributed by atoms with van der Waals surface area (Å²) in [7, 11) is 0. The highest BCUT2D eigenvalue weighted by Gasteiger charge is 2.19. The van der Waals surface area contributed by atoms with Crippen LogP contribution in [0.4, 0.5) is 10.1 Å². The van der Waals surface area contributed by atoms with E-state index in [1.807, 2.05) is 0 Å². The molecule has 22 heavy (non-hydrogen) atoms. The van der Waals surface area contributed by atoms with E-state index in [-0.39, 0.29) is 17.7 Å². The van der Waals surface area contributed by atoms with Gasteiger partial charge >= 0.3 is 0 Å². The van der Waals surface area contributed by atoms with E-state index < -0.39 is 22.3 Å². The fraction of sp³-hybridized carbons (Fsp3) is 0.133. The standard InChI is InChI=1S/C15H12ClFN2O3/c1-9-13(17)6-11(7-14(9)19(21)22)15(20)18-8-10-4-2-3-5-12(10)16/h2-7H,8H2,1H3,(H,18,20).